The lowest BCUT2D eigenvalue weighted by atomic mass is 9.93. The first kappa shape index (κ1) is 31.9. The zero-order valence-electron chi connectivity index (χ0n) is 25.8. The van der Waals surface area contributed by atoms with Crippen molar-refractivity contribution < 1.29 is 19.3 Å². The summed E-state index contributed by atoms with van der Waals surface area (Å²) in [5, 5.41) is 25.7. The normalized spacial score (nSPS) is 26.2. The number of aliphatic hydroxyl groups excluding tert-OH is 2. The Morgan fingerprint density at radius 3 is 1.93 bits per heavy atom. The molecule has 0 amide bonds. The Hall–Kier alpha value is -2.52. The molecule has 43 heavy (non-hydrogen) atoms. The minimum atomic E-state index is -3.05. The van der Waals surface area contributed by atoms with E-state index in [2.05, 4.69) is 49.9 Å². The van der Waals surface area contributed by atoms with Crippen molar-refractivity contribution in [2.75, 3.05) is 31.1 Å². The smallest absolute Gasteiger partial charge is 0.158 e. The lowest BCUT2D eigenvalue weighted by Gasteiger charge is -2.55. The van der Waals surface area contributed by atoms with Gasteiger partial charge in [0.25, 0.3) is 0 Å². The number of nitrogens with zero attached hydrogens (tertiary/aromatic N) is 2. The predicted octanol–water partition coefficient (Wildman–Crippen LogP) is 4.94. The van der Waals surface area contributed by atoms with Crippen LogP contribution < -0.4 is 15.3 Å². The van der Waals surface area contributed by atoms with E-state index in [-0.39, 0.29) is 36.2 Å². The molecule has 8 heteroatoms. The van der Waals surface area contributed by atoms with E-state index in [1.165, 1.54) is 6.07 Å². The van der Waals surface area contributed by atoms with E-state index in [4.69, 9.17) is 16.3 Å². The van der Waals surface area contributed by atoms with Crippen LogP contribution in [0.2, 0.25) is 5.04 Å². The third kappa shape index (κ3) is 5.84. The SMILES string of the molecule is CC1CN([C@@H]2N(c3ccccc3F)CC(C(O)[Si](c3ccccc3)(c3ccccc3)C(C)(C)C)=CC2(Cl)CO)C[C@H](C)O1. The molecule has 1 saturated heterocycles. The van der Waals surface area contributed by atoms with Crippen LogP contribution in [0.25, 0.3) is 0 Å². The second kappa shape index (κ2) is 12.5. The van der Waals surface area contributed by atoms with Crippen LogP contribution in [-0.2, 0) is 4.74 Å². The molecule has 0 bridgehead atoms. The van der Waals surface area contributed by atoms with E-state index in [1.807, 2.05) is 67.3 Å². The van der Waals surface area contributed by atoms with Gasteiger partial charge in [-0.2, -0.15) is 0 Å². The number of halogens is 2. The molecule has 0 spiro atoms. The van der Waals surface area contributed by atoms with Gasteiger partial charge in [-0.25, -0.2) is 4.39 Å². The first-order valence-electron chi connectivity index (χ1n) is 15.1. The molecule has 230 valence electrons. The van der Waals surface area contributed by atoms with Crippen LogP contribution in [-0.4, -0.2) is 78.4 Å². The third-order valence-electron chi connectivity index (χ3n) is 9.10. The maximum Gasteiger partial charge on any atom is 0.158 e. The highest BCUT2D eigenvalue weighted by atomic mass is 35.5. The average Bonchev–Trinajstić information content (AvgIpc) is 2.97. The molecule has 2 aliphatic heterocycles. The first-order valence-corrected chi connectivity index (χ1v) is 17.6. The zero-order valence-corrected chi connectivity index (χ0v) is 27.5. The molecule has 0 saturated carbocycles. The van der Waals surface area contributed by atoms with Crippen molar-refractivity contribution in [3.8, 4) is 0 Å². The topological polar surface area (TPSA) is 56.2 Å². The molecule has 3 unspecified atom stereocenters. The van der Waals surface area contributed by atoms with Gasteiger partial charge in [0.05, 0.1) is 30.2 Å². The number of hydrogen-bond acceptors (Lipinski definition) is 5. The second-order valence-corrected chi connectivity index (χ2v) is 18.7. The Kier molecular flexibility index (Phi) is 9.24. The van der Waals surface area contributed by atoms with Gasteiger partial charge in [0.2, 0.25) is 0 Å². The molecule has 3 aromatic rings. The molecule has 1 fully saturated rings. The standard InChI is InChI=1S/C35H44ClFN2O3Si/c1-25-21-38(22-26(2)42-25)33-35(36,24-40)20-27(23-39(33)31-19-13-12-18-30(31)37)32(41)43(34(3,4)5,28-14-8-6-9-15-28)29-16-10-7-11-17-29/h6-20,25-26,32-33,40-41H,21-24H2,1-5H3/t25-,26?,32?,33+,35?/m0/s1. The fourth-order valence-electron chi connectivity index (χ4n) is 7.52. The number of hydrogen-bond donors (Lipinski definition) is 2. The largest absolute Gasteiger partial charge is 0.394 e. The Labute approximate surface area is 261 Å². The molecular formula is C35H44ClFN2O3Si. The van der Waals surface area contributed by atoms with Crippen LogP contribution in [0.5, 0.6) is 0 Å². The summed E-state index contributed by atoms with van der Waals surface area (Å²) in [5.41, 5.74) is 0.157. The van der Waals surface area contributed by atoms with Crippen molar-refractivity contribution in [3.05, 3.63) is 102 Å². The van der Waals surface area contributed by atoms with Crippen LogP contribution in [0.1, 0.15) is 34.6 Å². The highest BCUT2D eigenvalue weighted by Gasteiger charge is 2.57. The molecule has 2 N–H and O–H groups in total. The number of para-hydroxylation sites is 1. The molecule has 5 nitrogen and oxygen atoms in total. The highest BCUT2D eigenvalue weighted by Crippen LogP contribution is 2.44. The Balaban J connectivity index is 1.73. The van der Waals surface area contributed by atoms with Gasteiger partial charge in [-0.1, -0.05) is 110 Å². The van der Waals surface area contributed by atoms with Crippen LogP contribution >= 0.6 is 11.6 Å². The third-order valence-corrected chi connectivity index (χ3v) is 15.6. The average molecular weight is 623 g/mol. The summed E-state index contributed by atoms with van der Waals surface area (Å²) in [5.74, 6) is -0.375. The summed E-state index contributed by atoms with van der Waals surface area (Å²) in [6.45, 7) is 11.6. The van der Waals surface area contributed by atoms with Gasteiger partial charge in [-0.3, -0.25) is 4.90 Å². The van der Waals surface area contributed by atoms with Gasteiger partial charge in [-0.15, -0.1) is 11.6 Å². The van der Waals surface area contributed by atoms with E-state index in [0.29, 0.717) is 24.4 Å². The molecular weight excluding hydrogens is 579 g/mol. The molecule has 0 radical (unpaired) electrons. The number of anilines is 1. The van der Waals surface area contributed by atoms with Crippen molar-refractivity contribution in [2.45, 2.75) is 68.6 Å². The Bertz CT molecular complexity index is 1370. The molecule has 3 aromatic carbocycles. The number of aliphatic hydroxyl groups is 2. The van der Waals surface area contributed by atoms with Crippen molar-refractivity contribution >= 4 is 35.7 Å². The van der Waals surface area contributed by atoms with E-state index >= 15 is 4.39 Å². The second-order valence-electron chi connectivity index (χ2n) is 13.2. The van der Waals surface area contributed by atoms with E-state index < -0.39 is 24.8 Å². The van der Waals surface area contributed by atoms with Gasteiger partial charge in [0, 0.05) is 19.6 Å². The van der Waals surface area contributed by atoms with E-state index in [1.54, 1.807) is 12.1 Å². The number of benzene rings is 3. The Morgan fingerprint density at radius 1 is 0.930 bits per heavy atom. The van der Waals surface area contributed by atoms with Crippen molar-refractivity contribution in [2.24, 2.45) is 0 Å². The van der Waals surface area contributed by atoms with Crippen molar-refractivity contribution in [3.63, 3.8) is 0 Å². The van der Waals surface area contributed by atoms with Crippen LogP contribution in [0.4, 0.5) is 10.1 Å². The van der Waals surface area contributed by atoms with Crippen LogP contribution in [0.3, 0.4) is 0 Å². The molecule has 2 heterocycles. The van der Waals surface area contributed by atoms with E-state index in [0.717, 1.165) is 10.4 Å². The minimum Gasteiger partial charge on any atom is -0.394 e. The van der Waals surface area contributed by atoms with Crippen molar-refractivity contribution in [1.29, 1.82) is 0 Å². The summed E-state index contributed by atoms with van der Waals surface area (Å²) < 4.78 is 21.7. The lowest BCUT2D eigenvalue weighted by molar-refractivity contribution is -0.0858. The number of rotatable bonds is 7. The van der Waals surface area contributed by atoms with Gasteiger partial charge >= 0.3 is 0 Å². The van der Waals surface area contributed by atoms with E-state index in [9.17, 15) is 10.2 Å². The van der Waals surface area contributed by atoms with Gasteiger partial charge in [0.15, 0.2) is 8.07 Å². The predicted molar refractivity (Wildman–Crippen MR) is 176 cm³/mol. The first-order chi connectivity index (χ1) is 20.4. The summed E-state index contributed by atoms with van der Waals surface area (Å²) in [7, 11) is -3.05. The fraction of sp³-hybridized carbons (Fsp3) is 0.429. The maximum atomic E-state index is 15.6. The monoisotopic (exact) mass is 622 g/mol. The minimum absolute atomic E-state index is 0.0566. The van der Waals surface area contributed by atoms with Gasteiger partial charge in [-0.05, 0) is 36.6 Å². The number of ether oxygens (including phenoxy) is 1. The molecule has 2 aliphatic rings. The summed E-state index contributed by atoms with van der Waals surface area (Å²) in [6.07, 6.45) is 1.20. The number of morpholine rings is 1. The fourth-order valence-corrected chi connectivity index (χ4v) is 13.6. The summed E-state index contributed by atoms with van der Waals surface area (Å²) in [4.78, 5) is 2.82. The quantitative estimate of drug-likeness (QED) is 0.222. The molecule has 0 aliphatic carbocycles. The van der Waals surface area contributed by atoms with Crippen LogP contribution in [0.15, 0.2) is 96.6 Å². The van der Waals surface area contributed by atoms with Gasteiger partial charge < -0.3 is 19.8 Å². The number of alkyl halides is 1. The van der Waals surface area contributed by atoms with Crippen molar-refractivity contribution in [1.82, 2.24) is 4.90 Å². The summed E-state index contributed by atoms with van der Waals surface area (Å²) >= 11 is 7.48. The lowest BCUT2D eigenvalue weighted by Crippen LogP contribution is -2.74. The molecule has 0 aromatic heterocycles. The Morgan fingerprint density at radius 2 is 1.44 bits per heavy atom. The molecule has 5 rings (SSSR count). The highest BCUT2D eigenvalue weighted by molar-refractivity contribution is 7.05. The maximum absolute atomic E-state index is 15.6. The zero-order chi connectivity index (χ0) is 31.0. The van der Waals surface area contributed by atoms with Crippen LogP contribution in [0, 0.1) is 5.82 Å². The van der Waals surface area contributed by atoms with Gasteiger partial charge in [0.1, 0.15) is 16.9 Å². The molecule has 5 atom stereocenters. The summed E-state index contributed by atoms with van der Waals surface area (Å²) in [6, 6.07) is 27.2.